The first-order chi connectivity index (χ1) is 14.7. The first-order valence-corrected chi connectivity index (χ1v) is 10.8. The summed E-state index contributed by atoms with van der Waals surface area (Å²) < 4.78 is 5.64. The van der Waals surface area contributed by atoms with E-state index in [9.17, 15) is 9.59 Å². The Labute approximate surface area is 178 Å². The molecular formula is C26H29NO3. The largest absolute Gasteiger partial charge is 0.426 e. The van der Waals surface area contributed by atoms with Gasteiger partial charge in [0.25, 0.3) is 5.91 Å². The highest BCUT2D eigenvalue weighted by Crippen LogP contribution is 2.27. The zero-order valence-electron chi connectivity index (χ0n) is 17.5. The van der Waals surface area contributed by atoms with Crippen LogP contribution in [-0.4, -0.2) is 11.9 Å². The first kappa shape index (κ1) is 21.6. The second kappa shape index (κ2) is 11.1. The van der Waals surface area contributed by atoms with E-state index in [2.05, 4.69) is 12.2 Å². The molecule has 0 saturated carbocycles. The fourth-order valence-electron chi connectivity index (χ4n) is 3.42. The average molecular weight is 404 g/mol. The molecule has 0 aliphatic rings. The van der Waals surface area contributed by atoms with Gasteiger partial charge < -0.3 is 10.1 Å². The number of rotatable bonds is 10. The Morgan fingerprint density at radius 3 is 2.17 bits per heavy atom. The van der Waals surface area contributed by atoms with E-state index >= 15 is 0 Å². The van der Waals surface area contributed by atoms with E-state index in [1.165, 1.54) is 19.3 Å². The van der Waals surface area contributed by atoms with E-state index in [0.29, 0.717) is 23.4 Å². The van der Waals surface area contributed by atoms with Crippen molar-refractivity contribution in [2.24, 2.45) is 0 Å². The molecule has 30 heavy (non-hydrogen) atoms. The Kier molecular flexibility index (Phi) is 8.02. The molecule has 1 N–H and O–H groups in total. The summed E-state index contributed by atoms with van der Waals surface area (Å²) in [7, 11) is 0. The van der Waals surface area contributed by atoms with Crippen LogP contribution in [0.5, 0.6) is 5.75 Å². The lowest BCUT2D eigenvalue weighted by Gasteiger charge is -2.12. The smallest absolute Gasteiger partial charge is 0.311 e. The van der Waals surface area contributed by atoms with Crippen LogP contribution in [-0.2, 0) is 4.79 Å². The van der Waals surface area contributed by atoms with Crippen LogP contribution in [0.1, 0.15) is 62.2 Å². The van der Waals surface area contributed by atoms with Gasteiger partial charge in [-0.3, -0.25) is 9.59 Å². The Hall–Kier alpha value is -3.14. The van der Waals surface area contributed by atoms with Gasteiger partial charge in [-0.1, -0.05) is 81.5 Å². The van der Waals surface area contributed by atoms with Gasteiger partial charge in [0.1, 0.15) is 5.75 Å². The number of esters is 1. The van der Waals surface area contributed by atoms with Crippen LogP contribution >= 0.6 is 0 Å². The summed E-state index contributed by atoms with van der Waals surface area (Å²) in [5, 5.41) is 4.73. The zero-order valence-corrected chi connectivity index (χ0v) is 17.5. The fourth-order valence-corrected chi connectivity index (χ4v) is 3.42. The maximum atomic E-state index is 12.9. The molecule has 0 saturated heterocycles. The summed E-state index contributed by atoms with van der Waals surface area (Å²) in [5.41, 5.74) is 1.05. The summed E-state index contributed by atoms with van der Waals surface area (Å²) in [5.74, 6) is -0.290. The number of carbonyl (C=O) groups is 2. The van der Waals surface area contributed by atoms with Gasteiger partial charge in [0.2, 0.25) is 0 Å². The molecule has 0 spiro atoms. The van der Waals surface area contributed by atoms with Crippen LogP contribution < -0.4 is 10.1 Å². The van der Waals surface area contributed by atoms with Crippen LogP contribution in [0.15, 0.2) is 66.7 Å². The lowest BCUT2D eigenvalue weighted by molar-refractivity contribution is -0.134. The molecule has 3 aromatic carbocycles. The number of nitrogens with one attached hydrogen (secondary N) is 1. The lowest BCUT2D eigenvalue weighted by atomic mass is 10.0. The molecule has 0 fully saturated rings. The van der Waals surface area contributed by atoms with E-state index in [0.717, 1.165) is 30.0 Å². The molecule has 0 radical (unpaired) electrons. The summed E-state index contributed by atoms with van der Waals surface area (Å²) in [6.45, 7) is 2.19. The molecule has 3 rings (SSSR count). The minimum atomic E-state index is -0.297. The number of fused-ring (bicyclic) bond motifs is 1. The molecule has 0 heterocycles. The van der Waals surface area contributed by atoms with Gasteiger partial charge in [0, 0.05) is 12.1 Å². The summed E-state index contributed by atoms with van der Waals surface area (Å²) >= 11 is 0. The standard InChI is InChI=1S/C26H29NO3/c1-2-3-4-5-6-10-17-25(28)30-24-19-21-14-12-11-13-20(21)18-23(24)26(29)27-22-15-8-7-9-16-22/h7-9,11-16,18-19H,2-6,10,17H2,1H3,(H,27,29). The highest BCUT2D eigenvalue weighted by Gasteiger charge is 2.17. The van der Waals surface area contributed by atoms with Crippen molar-refractivity contribution in [2.75, 3.05) is 5.32 Å². The van der Waals surface area contributed by atoms with E-state index in [-0.39, 0.29) is 11.9 Å². The van der Waals surface area contributed by atoms with Gasteiger partial charge in [-0.25, -0.2) is 0 Å². The molecule has 4 nitrogen and oxygen atoms in total. The number of anilines is 1. The van der Waals surface area contributed by atoms with Crippen molar-refractivity contribution in [3.63, 3.8) is 0 Å². The molecule has 156 valence electrons. The van der Waals surface area contributed by atoms with Crippen molar-refractivity contribution in [1.82, 2.24) is 0 Å². The summed E-state index contributed by atoms with van der Waals surface area (Å²) in [4.78, 5) is 25.3. The predicted octanol–water partition coefficient (Wildman–Crippen LogP) is 6.75. The number of benzene rings is 3. The van der Waals surface area contributed by atoms with E-state index in [1.54, 1.807) is 12.1 Å². The molecule has 0 aromatic heterocycles. The SMILES string of the molecule is CCCCCCCCC(=O)Oc1cc2ccccc2cc1C(=O)Nc1ccccc1. The normalized spacial score (nSPS) is 10.7. The van der Waals surface area contributed by atoms with Gasteiger partial charge in [-0.05, 0) is 41.5 Å². The highest BCUT2D eigenvalue weighted by atomic mass is 16.5. The molecule has 0 aliphatic carbocycles. The highest BCUT2D eigenvalue weighted by molar-refractivity contribution is 6.09. The number of hydrogen-bond acceptors (Lipinski definition) is 3. The average Bonchev–Trinajstić information content (AvgIpc) is 2.76. The Morgan fingerprint density at radius 1 is 0.800 bits per heavy atom. The second-order valence-corrected chi connectivity index (χ2v) is 7.51. The maximum absolute atomic E-state index is 12.9. The van der Waals surface area contributed by atoms with Crippen molar-refractivity contribution in [2.45, 2.75) is 51.9 Å². The monoisotopic (exact) mass is 403 g/mol. The second-order valence-electron chi connectivity index (χ2n) is 7.51. The Bertz CT molecular complexity index is 982. The van der Waals surface area contributed by atoms with Crippen molar-refractivity contribution >= 4 is 28.3 Å². The number of amides is 1. The van der Waals surface area contributed by atoms with Gasteiger partial charge in [-0.2, -0.15) is 0 Å². The maximum Gasteiger partial charge on any atom is 0.311 e. The van der Waals surface area contributed by atoms with Crippen LogP contribution in [0.25, 0.3) is 10.8 Å². The van der Waals surface area contributed by atoms with E-state index < -0.39 is 0 Å². The van der Waals surface area contributed by atoms with Crippen LogP contribution in [0.3, 0.4) is 0 Å². The van der Waals surface area contributed by atoms with Gasteiger partial charge >= 0.3 is 5.97 Å². The lowest BCUT2D eigenvalue weighted by Crippen LogP contribution is -2.16. The first-order valence-electron chi connectivity index (χ1n) is 10.8. The van der Waals surface area contributed by atoms with Crippen LogP contribution in [0.2, 0.25) is 0 Å². The van der Waals surface area contributed by atoms with Gasteiger partial charge in [-0.15, -0.1) is 0 Å². The van der Waals surface area contributed by atoms with Crippen LogP contribution in [0.4, 0.5) is 5.69 Å². The third kappa shape index (κ3) is 6.18. The van der Waals surface area contributed by atoms with Crippen molar-refractivity contribution in [3.8, 4) is 5.75 Å². The van der Waals surface area contributed by atoms with Crippen molar-refractivity contribution < 1.29 is 14.3 Å². The van der Waals surface area contributed by atoms with E-state index in [4.69, 9.17) is 4.74 Å². The number of para-hydroxylation sites is 1. The zero-order chi connectivity index (χ0) is 21.2. The third-order valence-electron chi connectivity index (χ3n) is 5.08. The third-order valence-corrected chi connectivity index (χ3v) is 5.08. The van der Waals surface area contributed by atoms with Crippen molar-refractivity contribution in [3.05, 3.63) is 72.3 Å². The molecule has 1 amide bonds. The van der Waals surface area contributed by atoms with E-state index in [1.807, 2.05) is 54.6 Å². The number of hydrogen-bond donors (Lipinski definition) is 1. The number of unbranched alkanes of at least 4 members (excludes halogenated alkanes) is 5. The van der Waals surface area contributed by atoms with Crippen LogP contribution in [0, 0.1) is 0 Å². The van der Waals surface area contributed by atoms with Gasteiger partial charge in [0.15, 0.2) is 0 Å². The Balaban J connectivity index is 1.72. The summed E-state index contributed by atoms with van der Waals surface area (Å²) in [6, 6.07) is 20.5. The topological polar surface area (TPSA) is 55.4 Å². The van der Waals surface area contributed by atoms with Gasteiger partial charge in [0.05, 0.1) is 5.56 Å². The fraction of sp³-hybridized carbons (Fsp3) is 0.308. The predicted molar refractivity (Wildman–Crippen MR) is 122 cm³/mol. The quantitative estimate of drug-likeness (QED) is 0.231. The molecule has 3 aromatic rings. The molecule has 0 bridgehead atoms. The Morgan fingerprint density at radius 2 is 1.43 bits per heavy atom. The minimum Gasteiger partial charge on any atom is -0.426 e. The molecule has 4 heteroatoms. The molecule has 0 unspecified atom stereocenters. The van der Waals surface area contributed by atoms with Crippen molar-refractivity contribution in [1.29, 1.82) is 0 Å². The number of ether oxygens (including phenoxy) is 1. The molecule has 0 atom stereocenters. The molecular weight excluding hydrogens is 374 g/mol. The minimum absolute atomic E-state index is 0.297. The summed E-state index contributed by atoms with van der Waals surface area (Å²) in [6.07, 6.45) is 6.98. The molecule has 0 aliphatic heterocycles. The number of carbonyl (C=O) groups excluding carboxylic acids is 2.